The molecule has 0 aliphatic rings. The molecule has 0 amide bonds. The third-order valence-corrected chi connectivity index (χ3v) is 3.05. The summed E-state index contributed by atoms with van der Waals surface area (Å²) < 4.78 is 0.881. The number of aromatic nitrogens is 2. The van der Waals surface area contributed by atoms with E-state index in [0.29, 0.717) is 5.39 Å². The van der Waals surface area contributed by atoms with Crippen LogP contribution >= 0.6 is 15.9 Å². The number of hydrogen-bond donors (Lipinski definition) is 1. The molecular weight excluding hydrogens is 268 g/mol. The van der Waals surface area contributed by atoms with Gasteiger partial charge in [-0.1, -0.05) is 6.92 Å². The minimum Gasteiger partial charge on any atom is -0.310 e. The van der Waals surface area contributed by atoms with Crippen molar-refractivity contribution in [3.8, 4) is 0 Å². The molecule has 0 bridgehead atoms. The number of nitrogens with zero attached hydrogens (tertiary/aromatic N) is 1. The Kier molecular flexibility index (Phi) is 3.10. The van der Waals surface area contributed by atoms with E-state index in [-0.39, 0.29) is 5.56 Å². The molecule has 0 radical (unpaired) electrons. The van der Waals surface area contributed by atoms with Crippen molar-refractivity contribution >= 4 is 26.8 Å². The minimum absolute atomic E-state index is 0.0575. The normalized spacial score (nSPS) is 10.9. The van der Waals surface area contributed by atoms with Crippen molar-refractivity contribution < 1.29 is 0 Å². The third-order valence-electron chi connectivity index (χ3n) is 2.44. The lowest BCUT2D eigenvalue weighted by molar-refractivity contribution is 0.836. The molecule has 0 atom stereocenters. The first-order chi connectivity index (χ1) is 7.61. The average Bonchev–Trinajstić information content (AvgIpc) is 2.20. The Labute approximate surface area is 102 Å². The largest absolute Gasteiger partial charge is 0.310 e. The Hall–Kier alpha value is -1.16. The zero-order chi connectivity index (χ0) is 11.7. The Morgan fingerprint density at radius 1 is 1.44 bits per heavy atom. The zero-order valence-corrected chi connectivity index (χ0v) is 10.9. The smallest absolute Gasteiger partial charge is 0.258 e. The molecule has 1 aromatic carbocycles. The minimum atomic E-state index is -0.0575. The van der Waals surface area contributed by atoms with Gasteiger partial charge in [0.25, 0.3) is 5.56 Å². The lowest BCUT2D eigenvalue weighted by atomic mass is 10.1. The molecule has 1 N–H and O–H groups in total. The summed E-state index contributed by atoms with van der Waals surface area (Å²) in [4.78, 5) is 19.1. The van der Waals surface area contributed by atoms with Crippen molar-refractivity contribution in [1.29, 1.82) is 0 Å². The van der Waals surface area contributed by atoms with Crippen molar-refractivity contribution in [3.05, 3.63) is 38.3 Å². The molecule has 1 heterocycles. The van der Waals surface area contributed by atoms with Crippen LogP contribution < -0.4 is 5.56 Å². The number of aryl methyl sites for hydroxylation is 2. The van der Waals surface area contributed by atoms with Crippen molar-refractivity contribution in [1.82, 2.24) is 9.97 Å². The van der Waals surface area contributed by atoms with Crippen LogP contribution in [0.4, 0.5) is 0 Å². The maximum atomic E-state index is 11.9. The summed E-state index contributed by atoms with van der Waals surface area (Å²) in [5, 5.41) is 0.645. The Bertz CT molecular complexity index is 589. The van der Waals surface area contributed by atoms with Gasteiger partial charge in [0, 0.05) is 10.9 Å². The highest BCUT2D eigenvalue weighted by Crippen LogP contribution is 2.21. The predicted octanol–water partition coefficient (Wildman–Crippen LogP) is 2.95. The number of aromatic amines is 1. The molecule has 0 spiro atoms. The van der Waals surface area contributed by atoms with Crippen molar-refractivity contribution in [2.45, 2.75) is 26.7 Å². The van der Waals surface area contributed by atoms with E-state index in [2.05, 4.69) is 32.8 Å². The quantitative estimate of drug-likeness (QED) is 0.919. The summed E-state index contributed by atoms with van der Waals surface area (Å²) in [5.41, 5.74) is 1.74. The van der Waals surface area contributed by atoms with Gasteiger partial charge in [-0.25, -0.2) is 4.98 Å². The predicted molar refractivity (Wildman–Crippen MR) is 68.8 cm³/mol. The first kappa shape index (κ1) is 11.3. The van der Waals surface area contributed by atoms with Crippen molar-refractivity contribution in [3.63, 3.8) is 0 Å². The molecule has 84 valence electrons. The second kappa shape index (κ2) is 4.37. The van der Waals surface area contributed by atoms with Gasteiger partial charge in [0.2, 0.25) is 0 Å². The van der Waals surface area contributed by atoms with Crippen LogP contribution in [0.2, 0.25) is 0 Å². The van der Waals surface area contributed by atoms with Gasteiger partial charge in [-0.3, -0.25) is 4.79 Å². The van der Waals surface area contributed by atoms with E-state index in [1.165, 1.54) is 0 Å². The fraction of sp³-hybridized carbons (Fsp3) is 0.333. The van der Waals surface area contributed by atoms with Crippen LogP contribution in [0.3, 0.4) is 0 Å². The molecule has 0 saturated heterocycles. The number of benzene rings is 1. The molecule has 0 aliphatic heterocycles. The highest BCUT2D eigenvalue weighted by molar-refractivity contribution is 9.10. The van der Waals surface area contributed by atoms with Gasteiger partial charge >= 0.3 is 0 Å². The Morgan fingerprint density at radius 2 is 2.19 bits per heavy atom. The summed E-state index contributed by atoms with van der Waals surface area (Å²) in [7, 11) is 0. The van der Waals surface area contributed by atoms with Crippen molar-refractivity contribution in [2.24, 2.45) is 0 Å². The molecule has 2 rings (SSSR count). The van der Waals surface area contributed by atoms with Crippen LogP contribution in [0, 0.1) is 6.92 Å². The highest BCUT2D eigenvalue weighted by Gasteiger charge is 2.07. The SMILES string of the molecule is CCCc1nc2c(Br)cc(C)cc2c(=O)[nH]1. The van der Waals surface area contributed by atoms with Crippen molar-refractivity contribution in [2.75, 3.05) is 0 Å². The molecule has 0 aliphatic carbocycles. The van der Waals surface area contributed by atoms with Gasteiger partial charge in [-0.05, 0) is 47.0 Å². The zero-order valence-electron chi connectivity index (χ0n) is 9.30. The van der Waals surface area contributed by atoms with E-state index < -0.39 is 0 Å². The average molecular weight is 281 g/mol. The van der Waals surface area contributed by atoms with E-state index in [9.17, 15) is 4.79 Å². The van der Waals surface area contributed by atoms with E-state index in [1.54, 1.807) is 0 Å². The van der Waals surface area contributed by atoms with Crippen LogP contribution in [0.5, 0.6) is 0 Å². The highest BCUT2D eigenvalue weighted by atomic mass is 79.9. The number of hydrogen-bond acceptors (Lipinski definition) is 2. The Balaban J connectivity index is 2.77. The molecule has 0 saturated carbocycles. The lowest BCUT2D eigenvalue weighted by Crippen LogP contribution is -2.12. The summed E-state index contributed by atoms with van der Waals surface area (Å²) in [6, 6.07) is 3.84. The number of nitrogens with one attached hydrogen (secondary N) is 1. The van der Waals surface area contributed by atoms with E-state index in [0.717, 1.165) is 34.2 Å². The first-order valence-electron chi connectivity index (χ1n) is 5.31. The fourth-order valence-corrected chi connectivity index (χ4v) is 2.40. The van der Waals surface area contributed by atoms with Gasteiger partial charge in [0.05, 0.1) is 10.9 Å². The van der Waals surface area contributed by atoms with Gasteiger partial charge in [0.1, 0.15) is 5.82 Å². The number of rotatable bonds is 2. The monoisotopic (exact) mass is 280 g/mol. The van der Waals surface area contributed by atoms with Crippen LogP contribution in [0.15, 0.2) is 21.4 Å². The topological polar surface area (TPSA) is 45.8 Å². The summed E-state index contributed by atoms with van der Waals surface area (Å²) in [5.74, 6) is 0.754. The van der Waals surface area contributed by atoms with Gasteiger partial charge in [0.15, 0.2) is 0 Å². The second-order valence-corrected chi connectivity index (χ2v) is 4.76. The van der Waals surface area contributed by atoms with Crippen LogP contribution in [0.25, 0.3) is 10.9 Å². The molecule has 0 unspecified atom stereocenters. The molecule has 4 heteroatoms. The van der Waals surface area contributed by atoms with Crippen LogP contribution in [0.1, 0.15) is 24.7 Å². The molecule has 1 aromatic heterocycles. The van der Waals surface area contributed by atoms with E-state index >= 15 is 0 Å². The molecule has 0 fully saturated rings. The van der Waals surface area contributed by atoms with E-state index in [4.69, 9.17) is 0 Å². The number of H-pyrrole nitrogens is 1. The van der Waals surface area contributed by atoms with Gasteiger partial charge in [-0.15, -0.1) is 0 Å². The molecule has 3 nitrogen and oxygen atoms in total. The van der Waals surface area contributed by atoms with Gasteiger partial charge in [-0.2, -0.15) is 0 Å². The lowest BCUT2D eigenvalue weighted by Gasteiger charge is -2.04. The summed E-state index contributed by atoms with van der Waals surface area (Å²) in [6.45, 7) is 4.03. The Morgan fingerprint density at radius 3 is 2.88 bits per heavy atom. The fourth-order valence-electron chi connectivity index (χ4n) is 1.74. The first-order valence-corrected chi connectivity index (χ1v) is 6.10. The maximum absolute atomic E-state index is 11.9. The van der Waals surface area contributed by atoms with E-state index in [1.807, 2.05) is 19.1 Å². The number of halogens is 1. The standard InChI is InChI=1S/C12H13BrN2O/c1-3-4-10-14-11-8(12(16)15-10)5-7(2)6-9(11)13/h5-6H,3-4H2,1-2H3,(H,14,15,16). The number of fused-ring (bicyclic) bond motifs is 1. The van der Waals surface area contributed by atoms with Crippen LogP contribution in [-0.4, -0.2) is 9.97 Å². The molecular formula is C12H13BrN2O. The summed E-state index contributed by atoms with van der Waals surface area (Å²) >= 11 is 3.45. The maximum Gasteiger partial charge on any atom is 0.258 e. The molecule has 2 aromatic rings. The third kappa shape index (κ3) is 2.02. The molecule has 16 heavy (non-hydrogen) atoms. The van der Waals surface area contributed by atoms with Crippen LogP contribution in [-0.2, 0) is 6.42 Å². The van der Waals surface area contributed by atoms with Gasteiger partial charge < -0.3 is 4.98 Å². The summed E-state index contributed by atoms with van der Waals surface area (Å²) in [6.07, 6.45) is 1.77. The second-order valence-electron chi connectivity index (χ2n) is 3.91.